The number of hydrogen-bond acceptors (Lipinski definition) is 4. The number of benzene rings is 1. The molecule has 25 heavy (non-hydrogen) atoms. The molecule has 0 aliphatic carbocycles. The van der Waals surface area contributed by atoms with Crippen molar-refractivity contribution < 1.29 is 18.7 Å². The Balaban J connectivity index is 1.56. The van der Waals surface area contributed by atoms with Gasteiger partial charge in [-0.1, -0.05) is 18.2 Å². The number of cyclic esters (lactones) is 1. The Bertz CT molecular complexity index is 737. The normalized spacial score (nSPS) is 16.6. The molecule has 1 aromatic carbocycles. The third kappa shape index (κ3) is 4.32. The lowest BCUT2D eigenvalue weighted by Crippen LogP contribution is -2.45. The van der Waals surface area contributed by atoms with Gasteiger partial charge < -0.3 is 10.1 Å². The average molecular weight is 343 g/mol. The van der Waals surface area contributed by atoms with Crippen LogP contribution in [0.3, 0.4) is 0 Å². The Hall–Kier alpha value is -2.96. The topological polar surface area (TPSA) is 71.5 Å². The maximum absolute atomic E-state index is 13.0. The number of nitrogens with zero attached hydrogens (tertiary/aromatic N) is 2. The van der Waals surface area contributed by atoms with E-state index in [1.54, 1.807) is 18.3 Å². The molecule has 3 rings (SSSR count). The summed E-state index contributed by atoms with van der Waals surface area (Å²) in [5.74, 6) is -0.625. The number of aromatic nitrogens is 1. The molecule has 130 valence electrons. The third-order valence-corrected chi connectivity index (χ3v) is 3.95. The van der Waals surface area contributed by atoms with E-state index < -0.39 is 12.1 Å². The smallest absolute Gasteiger partial charge is 0.410 e. The second-order valence-electron chi connectivity index (χ2n) is 5.71. The van der Waals surface area contributed by atoms with E-state index in [0.717, 1.165) is 11.3 Å². The molecule has 6 nitrogen and oxygen atoms in total. The Morgan fingerprint density at radius 2 is 2.08 bits per heavy atom. The predicted octanol–water partition coefficient (Wildman–Crippen LogP) is 1.90. The Labute approximate surface area is 144 Å². The minimum absolute atomic E-state index is 0.00937. The molecule has 1 fully saturated rings. The van der Waals surface area contributed by atoms with Crippen LogP contribution in [0.15, 0.2) is 48.7 Å². The van der Waals surface area contributed by atoms with Gasteiger partial charge in [0, 0.05) is 24.9 Å². The van der Waals surface area contributed by atoms with Crippen LogP contribution in [0.4, 0.5) is 9.18 Å². The zero-order valence-electron chi connectivity index (χ0n) is 13.5. The van der Waals surface area contributed by atoms with Crippen molar-refractivity contribution in [2.24, 2.45) is 0 Å². The third-order valence-electron chi connectivity index (χ3n) is 3.95. The van der Waals surface area contributed by atoms with Gasteiger partial charge in [-0.3, -0.25) is 14.7 Å². The molecule has 0 saturated carbocycles. The number of hydrogen-bond donors (Lipinski definition) is 1. The van der Waals surface area contributed by atoms with Gasteiger partial charge in [-0.2, -0.15) is 0 Å². The molecule has 0 unspecified atom stereocenters. The fourth-order valence-electron chi connectivity index (χ4n) is 2.61. The van der Waals surface area contributed by atoms with E-state index in [0.29, 0.717) is 13.0 Å². The first-order chi connectivity index (χ1) is 12.1. The quantitative estimate of drug-likeness (QED) is 0.870. The molecule has 0 radical (unpaired) electrons. The first-order valence-corrected chi connectivity index (χ1v) is 7.99. The minimum atomic E-state index is -0.693. The van der Waals surface area contributed by atoms with Crippen molar-refractivity contribution in [2.75, 3.05) is 13.2 Å². The van der Waals surface area contributed by atoms with E-state index in [9.17, 15) is 14.0 Å². The summed E-state index contributed by atoms with van der Waals surface area (Å²) in [5.41, 5.74) is 1.61. The molecule has 1 aromatic heterocycles. The molecule has 2 heterocycles. The largest absolute Gasteiger partial charge is 0.447 e. The zero-order chi connectivity index (χ0) is 17.6. The van der Waals surface area contributed by atoms with Gasteiger partial charge in [-0.05, 0) is 29.8 Å². The summed E-state index contributed by atoms with van der Waals surface area (Å²) in [6.07, 6.45) is 1.76. The highest BCUT2D eigenvalue weighted by molar-refractivity contribution is 5.87. The number of amides is 2. The molecule has 1 aliphatic heterocycles. The number of carbonyl (C=O) groups excluding carboxylic acids is 2. The van der Waals surface area contributed by atoms with Gasteiger partial charge in [0.1, 0.15) is 18.5 Å². The lowest BCUT2D eigenvalue weighted by molar-refractivity contribution is -0.124. The fourth-order valence-corrected chi connectivity index (χ4v) is 2.61. The average Bonchev–Trinajstić information content (AvgIpc) is 2.98. The second-order valence-corrected chi connectivity index (χ2v) is 5.71. The molecular weight excluding hydrogens is 325 g/mol. The predicted molar refractivity (Wildman–Crippen MR) is 88.0 cm³/mol. The van der Waals surface area contributed by atoms with E-state index in [1.807, 2.05) is 18.2 Å². The standard InChI is InChI=1S/C18H18FN3O3/c19-14-6-4-13(5-7-14)11-22-16(12-25-18(22)24)17(23)21-10-8-15-3-1-2-9-20-15/h1-7,9,16H,8,10-12H2,(H,21,23)/t16-/m0/s1. The molecular formula is C18H18FN3O3. The van der Waals surface area contributed by atoms with E-state index in [2.05, 4.69) is 10.3 Å². The lowest BCUT2D eigenvalue weighted by Gasteiger charge is -2.20. The van der Waals surface area contributed by atoms with Crippen LogP contribution in [0.2, 0.25) is 0 Å². The Morgan fingerprint density at radius 1 is 1.28 bits per heavy atom. The highest BCUT2D eigenvalue weighted by Crippen LogP contribution is 2.17. The van der Waals surface area contributed by atoms with Gasteiger partial charge >= 0.3 is 6.09 Å². The van der Waals surface area contributed by atoms with Crippen molar-refractivity contribution >= 4 is 12.0 Å². The highest BCUT2D eigenvalue weighted by Gasteiger charge is 2.37. The van der Waals surface area contributed by atoms with Crippen LogP contribution >= 0.6 is 0 Å². The number of ether oxygens (including phenoxy) is 1. The summed E-state index contributed by atoms with van der Waals surface area (Å²) in [6.45, 7) is 0.623. The van der Waals surface area contributed by atoms with Crippen LogP contribution in [0.25, 0.3) is 0 Å². The highest BCUT2D eigenvalue weighted by atomic mass is 19.1. The van der Waals surface area contributed by atoms with Crippen molar-refractivity contribution in [1.29, 1.82) is 0 Å². The van der Waals surface area contributed by atoms with E-state index in [1.165, 1.54) is 17.0 Å². The molecule has 0 spiro atoms. The zero-order valence-corrected chi connectivity index (χ0v) is 13.5. The molecule has 1 N–H and O–H groups in total. The van der Waals surface area contributed by atoms with Gasteiger partial charge in [0.2, 0.25) is 5.91 Å². The summed E-state index contributed by atoms with van der Waals surface area (Å²) in [7, 11) is 0. The van der Waals surface area contributed by atoms with Crippen LogP contribution in [-0.4, -0.2) is 41.1 Å². The van der Waals surface area contributed by atoms with E-state index >= 15 is 0 Å². The Morgan fingerprint density at radius 3 is 2.80 bits per heavy atom. The number of nitrogens with one attached hydrogen (secondary N) is 1. The van der Waals surface area contributed by atoms with E-state index in [4.69, 9.17) is 4.74 Å². The first kappa shape index (κ1) is 16.9. The van der Waals surface area contributed by atoms with Gasteiger partial charge in [0.15, 0.2) is 0 Å². The molecule has 2 aromatic rings. The van der Waals surface area contributed by atoms with Gasteiger partial charge in [0.25, 0.3) is 0 Å². The second kappa shape index (κ2) is 7.74. The molecule has 0 bridgehead atoms. The van der Waals surface area contributed by atoms with Crippen molar-refractivity contribution in [2.45, 2.75) is 19.0 Å². The van der Waals surface area contributed by atoms with Gasteiger partial charge in [0.05, 0.1) is 6.54 Å². The summed E-state index contributed by atoms with van der Waals surface area (Å²) in [6, 6.07) is 10.7. The van der Waals surface area contributed by atoms with Crippen molar-refractivity contribution in [3.8, 4) is 0 Å². The van der Waals surface area contributed by atoms with Gasteiger partial charge in [-0.25, -0.2) is 9.18 Å². The summed E-state index contributed by atoms with van der Waals surface area (Å²) in [5, 5.41) is 2.81. The number of rotatable bonds is 6. The maximum atomic E-state index is 13.0. The fraction of sp³-hybridized carbons (Fsp3) is 0.278. The monoisotopic (exact) mass is 343 g/mol. The molecule has 1 atom stereocenters. The van der Waals surface area contributed by atoms with Crippen LogP contribution < -0.4 is 5.32 Å². The molecule has 1 aliphatic rings. The summed E-state index contributed by atoms with van der Waals surface area (Å²) in [4.78, 5) is 29.8. The molecule has 2 amide bonds. The van der Waals surface area contributed by atoms with Crippen molar-refractivity contribution in [3.05, 3.63) is 65.7 Å². The number of halogens is 1. The van der Waals surface area contributed by atoms with Crippen molar-refractivity contribution in [1.82, 2.24) is 15.2 Å². The van der Waals surface area contributed by atoms with Crippen LogP contribution in [-0.2, 0) is 22.5 Å². The van der Waals surface area contributed by atoms with E-state index in [-0.39, 0.29) is 24.9 Å². The molecule has 1 saturated heterocycles. The Kier molecular flexibility index (Phi) is 5.23. The minimum Gasteiger partial charge on any atom is -0.447 e. The van der Waals surface area contributed by atoms with Crippen LogP contribution in [0.1, 0.15) is 11.3 Å². The molecule has 7 heteroatoms. The first-order valence-electron chi connectivity index (χ1n) is 7.99. The summed E-state index contributed by atoms with van der Waals surface area (Å²) < 4.78 is 18.0. The van der Waals surface area contributed by atoms with Crippen LogP contribution in [0, 0.1) is 5.82 Å². The SMILES string of the molecule is O=C(NCCc1ccccn1)[C@@H]1COC(=O)N1Cc1ccc(F)cc1. The van der Waals surface area contributed by atoms with Crippen molar-refractivity contribution in [3.63, 3.8) is 0 Å². The van der Waals surface area contributed by atoms with Crippen LogP contribution in [0.5, 0.6) is 0 Å². The number of carbonyl (C=O) groups is 2. The summed E-state index contributed by atoms with van der Waals surface area (Å²) >= 11 is 0. The number of pyridine rings is 1. The maximum Gasteiger partial charge on any atom is 0.410 e. The lowest BCUT2D eigenvalue weighted by atomic mass is 10.2. The van der Waals surface area contributed by atoms with Gasteiger partial charge in [-0.15, -0.1) is 0 Å².